The number of piperidine rings is 1. The molecule has 0 unspecified atom stereocenters. The summed E-state index contributed by atoms with van der Waals surface area (Å²) in [5, 5.41) is 2.90. The van der Waals surface area contributed by atoms with Gasteiger partial charge in [0.15, 0.2) is 0 Å². The second-order valence-corrected chi connectivity index (χ2v) is 8.45. The van der Waals surface area contributed by atoms with Crippen LogP contribution >= 0.6 is 11.3 Å². The van der Waals surface area contributed by atoms with Gasteiger partial charge in [0.05, 0.1) is 21.4 Å². The van der Waals surface area contributed by atoms with Gasteiger partial charge in [-0.15, -0.1) is 11.3 Å². The molecule has 0 atom stereocenters. The smallest absolute Gasteiger partial charge is 0.323 e. The molecule has 2 aromatic carbocycles. The van der Waals surface area contributed by atoms with Crippen molar-refractivity contribution in [2.75, 3.05) is 18.0 Å². The Labute approximate surface area is 170 Å². The number of urea groups is 1. The summed E-state index contributed by atoms with van der Waals surface area (Å²) in [7, 11) is 0. The minimum atomic E-state index is -0.874. The first kappa shape index (κ1) is 18.2. The van der Waals surface area contributed by atoms with Crippen LogP contribution in [-0.4, -0.2) is 40.5 Å². The maximum Gasteiger partial charge on any atom is 0.329 e. The van der Waals surface area contributed by atoms with Gasteiger partial charge in [0.2, 0.25) is 0 Å². The second kappa shape index (κ2) is 6.89. The van der Waals surface area contributed by atoms with Crippen LogP contribution in [0.25, 0.3) is 10.2 Å². The Balaban J connectivity index is 1.28. The van der Waals surface area contributed by atoms with Gasteiger partial charge in [-0.1, -0.05) is 6.07 Å². The van der Waals surface area contributed by atoms with E-state index in [2.05, 4.69) is 33.4 Å². The lowest BCUT2D eigenvalue weighted by atomic mass is 9.87. The van der Waals surface area contributed by atoms with Gasteiger partial charge in [0.1, 0.15) is 11.4 Å². The molecule has 6 nitrogen and oxygen atoms in total. The van der Waals surface area contributed by atoms with E-state index in [0.29, 0.717) is 31.6 Å². The van der Waals surface area contributed by atoms with Crippen molar-refractivity contribution in [2.24, 2.45) is 0 Å². The predicted molar refractivity (Wildman–Crippen MR) is 109 cm³/mol. The number of hydrogen-bond acceptors (Lipinski definition) is 5. The Morgan fingerprint density at radius 3 is 2.62 bits per heavy atom. The lowest BCUT2D eigenvalue weighted by Gasteiger charge is -2.37. The molecule has 3 amide bonds. The molecule has 0 saturated carbocycles. The normalized spacial score (nSPS) is 19.3. The van der Waals surface area contributed by atoms with E-state index in [1.807, 2.05) is 5.51 Å². The third-order valence-electron chi connectivity index (χ3n) is 5.76. The second-order valence-electron chi connectivity index (χ2n) is 7.56. The summed E-state index contributed by atoms with van der Waals surface area (Å²) in [6.07, 6.45) is 1.10. The summed E-state index contributed by atoms with van der Waals surface area (Å²) in [6.45, 7) is 2.20. The highest BCUT2D eigenvalue weighted by molar-refractivity contribution is 7.16. The Kier molecular flexibility index (Phi) is 4.33. The molecule has 5 rings (SSSR count). The molecule has 2 saturated heterocycles. The van der Waals surface area contributed by atoms with Crippen LogP contribution in [0.5, 0.6) is 0 Å². The Hall–Kier alpha value is -2.84. The minimum Gasteiger partial charge on any atom is -0.323 e. The van der Waals surface area contributed by atoms with Crippen molar-refractivity contribution >= 4 is 39.2 Å². The number of benzene rings is 2. The quantitative estimate of drug-likeness (QED) is 0.671. The molecule has 0 bridgehead atoms. The molecule has 2 fully saturated rings. The summed E-state index contributed by atoms with van der Waals surface area (Å²) in [5.41, 5.74) is 3.56. The number of fused-ring (bicyclic) bond motifs is 1. The molecule has 8 heteroatoms. The zero-order valence-electron chi connectivity index (χ0n) is 15.6. The van der Waals surface area contributed by atoms with Gasteiger partial charge < -0.3 is 5.32 Å². The molecule has 2 aliphatic heterocycles. The van der Waals surface area contributed by atoms with Crippen molar-refractivity contribution in [1.29, 1.82) is 0 Å². The van der Waals surface area contributed by atoms with E-state index in [4.69, 9.17) is 0 Å². The zero-order chi connectivity index (χ0) is 20.0. The molecule has 1 spiro atoms. The highest BCUT2D eigenvalue weighted by Crippen LogP contribution is 2.33. The van der Waals surface area contributed by atoms with E-state index in [1.165, 1.54) is 34.5 Å². The lowest BCUT2D eigenvalue weighted by molar-refractivity contribution is -0.123. The van der Waals surface area contributed by atoms with Crippen LogP contribution < -0.4 is 10.2 Å². The molecule has 3 heterocycles. The first-order valence-corrected chi connectivity index (χ1v) is 10.4. The van der Waals surface area contributed by atoms with Gasteiger partial charge in [-0.2, -0.15) is 0 Å². The lowest BCUT2D eigenvalue weighted by Crippen LogP contribution is -2.54. The number of rotatable bonds is 3. The fourth-order valence-corrected chi connectivity index (χ4v) is 4.80. The van der Waals surface area contributed by atoms with Crippen molar-refractivity contribution in [3.63, 3.8) is 0 Å². The number of nitrogens with zero attached hydrogens (tertiary/aromatic N) is 3. The first-order chi connectivity index (χ1) is 14.0. The number of halogens is 1. The number of nitrogens with one attached hydrogen (secondary N) is 1. The maximum atomic E-state index is 13.2. The summed E-state index contributed by atoms with van der Waals surface area (Å²) >= 11 is 1.63. The average Bonchev–Trinajstić information content (AvgIpc) is 3.27. The van der Waals surface area contributed by atoms with Crippen molar-refractivity contribution < 1.29 is 14.0 Å². The van der Waals surface area contributed by atoms with Crippen molar-refractivity contribution in [3.05, 3.63) is 59.4 Å². The van der Waals surface area contributed by atoms with Gasteiger partial charge in [-0.05, 0) is 54.8 Å². The summed E-state index contributed by atoms with van der Waals surface area (Å²) < 4.78 is 14.4. The standard InChI is InChI=1S/C21H19FN4O2S/c22-15-2-4-16(5-3-15)26-19(27)21(24-20(26)28)7-9-25(10-8-21)12-14-1-6-18-17(11-14)23-13-29-18/h1-6,11,13H,7-10,12H2,(H,24,28). The Morgan fingerprint density at radius 2 is 1.86 bits per heavy atom. The highest BCUT2D eigenvalue weighted by Gasteiger charge is 2.52. The fourth-order valence-electron chi connectivity index (χ4n) is 4.14. The summed E-state index contributed by atoms with van der Waals surface area (Å²) in [4.78, 5) is 33.4. The van der Waals surface area contributed by atoms with E-state index in [0.717, 1.165) is 17.0 Å². The molecule has 29 heavy (non-hydrogen) atoms. The fraction of sp³-hybridized carbons (Fsp3) is 0.286. The Bertz CT molecular complexity index is 1090. The average molecular weight is 410 g/mol. The van der Waals surface area contributed by atoms with Gasteiger partial charge in [0, 0.05) is 19.6 Å². The van der Waals surface area contributed by atoms with Gasteiger partial charge in [0.25, 0.3) is 5.91 Å². The number of thiazole rings is 1. The van der Waals surface area contributed by atoms with E-state index in [9.17, 15) is 14.0 Å². The number of likely N-dealkylation sites (tertiary alicyclic amines) is 1. The molecule has 2 aliphatic rings. The number of anilines is 1. The monoisotopic (exact) mass is 410 g/mol. The molecular formula is C21H19FN4O2S. The Morgan fingerprint density at radius 1 is 1.10 bits per heavy atom. The van der Waals surface area contributed by atoms with E-state index in [-0.39, 0.29) is 5.91 Å². The van der Waals surface area contributed by atoms with Crippen molar-refractivity contribution in [3.8, 4) is 0 Å². The van der Waals surface area contributed by atoms with Crippen molar-refractivity contribution in [1.82, 2.24) is 15.2 Å². The van der Waals surface area contributed by atoms with Crippen LogP contribution in [0, 0.1) is 5.82 Å². The number of imide groups is 1. The number of carbonyl (C=O) groups excluding carboxylic acids is 2. The molecular weight excluding hydrogens is 391 g/mol. The zero-order valence-corrected chi connectivity index (χ0v) is 16.4. The van der Waals surface area contributed by atoms with Crippen LogP contribution in [0.4, 0.5) is 14.9 Å². The van der Waals surface area contributed by atoms with E-state index < -0.39 is 17.4 Å². The molecule has 0 radical (unpaired) electrons. The maximum absolute atomic E-state index is 13.2. The predicted octanol–water partition coefficient (Wildman–Crippen LogP) is 3.53. The largest absolute Gasteiger partial charge is 0.329 e. The number of amides is 3. The summed E-state index contributed by atoms with van der Waals surface area (Å²) in [5.74, 6) is -0.655. The van der Waals surface area contributed by atoms with Gasteiger partial charge in [-0.25, -0.2) is 19.1 Å². The molecule has 3 aromatic rings. The number of carbonyl (C=O) groups is 2. The number of hydrogen-bond donors (Lipinski definition) is 1. The van der Waals surface area contributed by atoms with Gasteiger partial charge in [-0.3, -0.25) is 9.69 Å². The third kappa shape index (κ3) is 3.18. The van der Waals surface area contributed by atoms with Crippen LogP contribution in [-0.2, 0) is 11.3 Å². The third-order valence-corrected chi connectivity index (χ3v) is 6.57. The van der Waals surface area contributed by atoms with E-state index >= 15 is 0 Å². The highest BCUT2D eigenvalue weighted by atomic mass is 32.1. The molecule has 1 aromatic heterocycles. The topological polar surface area (TPSA) is 65.5 Å². The van der Waals surface area contributed by atoms with E-state index in [1.54, 1.807) is 11.3 Å². The molecule has 1 N–H and O–H groups in total. The minimum absolute atomic E-state index is 0.252. The molecule has 148 valence electrons. The summed E-state index contributed by atoms with van der Waals surface area (Å²) in [6, 6.07) is 11.3. The van der Waals surface area contributed by atoms with Crippen LogP contribution in [0.3, 0.4) is 0 Å². The van der Waals surface area contributed by atoms with Gasteiger partial charge >= 0.3 is 6.03 Å². The van der Waals surface area contributed by atoms with Crippen LogP contribution in [0.15, 0.2) is 48.0 Å². The number of aromatic nitrogens is 1. The van der Waals surface area contributed by atoms with Crippen molar-refractivity contribution in [2.45, 2.75) is 24.9 Å². The first-order valence-electron chi connectivity index (χ1n) is 9.51. The van der Waals surface area contributed by atoms with Crippen LogP contribution in [0.1, 0.15) is 18.4 Å². The molecule has 0 aliphatic carbocycles. The SMILES string of the molecule is O=C1NC2(CCN(Cc3ccc4scnc4c3)CC2)C(=O)N1c1ccc(F)cc1. The van der Waals surface area contributed by atoms with Crippen LogP contribution in [0.2, 0.25) is 0 Å².